The van der Waals surface area contributed by atoms with E-state index in [0.29, 0.717) is 12.5 Å². The van der Waals surface area contributed by atoms with Gasteiger partial charge in [0.15, 0.2) is 5.96 Å². The molecule has 2 heterocycles. The second-order valence-corrected chi connectivity index (χ2v) is 5.61. The molecule has 8 heteroatoms. The number of thiophene rings is 1. The van der Waals surface area contributed by atoms with Gasteiger partial charge in [-0.05, 0) is 36.3 Å². The van der Waals surface area contributed by atoms with E-state index in [2.05, 4.69) is 37.4 Å². The predicted molar refractivity (Wildman–Crippen MR) is 91.4 cm³/mol. The molecule has 2 aromatic heterocycles. The summed E-state index contributed by atoms with van der Waals surface area (Å²) >= 11 is 3.12. The molecular weight excluding hydrogens is 393 g/mol. The fourth-order valence-electron chi connectivity index (χ4n) is 1.38. The standard InChI is InChI=1S/C11H15N5S2.HI/c1-8-10(18-16-15-8)7-14-11(12)13-5-4-9-3-2-6-17-9;/h2-3,6H,4-5,7H2,1H3,(H3,12,13,14);1H. The van der Waals surface area contributed by atoms with Crippen molar-refractivity contribution in [1.82, 2.24) is 14.9 Å². The summed E-state index contributed by atoms with van der Waals surface area (Å²) < 4.78 is 3.86. The molecule has 0 unspecified atom stereocenters. The van der Waals surface area contributed by atoms with Gasteiger partial charge in [-0.3, -0.25) is 0 Å². The van der Waals surface area contributed by atoms with Crippen molar-refractivity contribution in [2.75, 3.05) is 6.54 Å². The lowest BCUT2D eigenvalue weighted by Gasteiger charge is -2.03. The van der Waals surface area contributed by atoms with Crippen LogP contribution in [0.2, 0.25) is 0 Å². The molecule has 104 valence electrons. The molecule has 0 fully saturated rings. The van der Waals surface area contributed by atoms with Gasteiger partial charge in [-0.2, -0.15) is 0 Å². The highest BCUT2D eigenvalue weighted by Gasteiger charge is 2.01. The van der Waals surface area contributed by atoms with Gasteiger partial charge in [-0.15, -0.1) is 40.4 Å². The lowest BCUT2D eigenvalue weighted by Crippen LogP contribution is -2.33. The smallest absolute Gasteiger partial charge is 0.188 e. The summed E-state index contributed by atoms with van der Waals surface area (Å²) in [5.41, 5.74) is 6.71. The van der Waals surface area contributed by atoms with Crippen LogP contribution in [0.25, 0.3) is 0 Å². The number of hydrogen-bond donors (Lipinski definition) is 2. The molecule has 0 saturated carbocycles. The number of aliphatic imine (C=N–C) groups is 1. The minimum atomic E-state index is 0. The average molecular weight is 409 g/mol. The molecule has 0 bridgehead atoms. The van der Waals surface area contributed by atoms with Crippen LogP contribution in [0.1, 0.15) is 15.4 Å². The molecule has 19 heavy (non-hydrogen) atoms. The summed E-state index contributed by atoms with van der Waals surface area (Å²) in [6.07, 6.45) is 0.967. The van der Waals surface area contributed by atoms with Gasteiger partial charge in [-0.25, -0.2) is 4.99 Å². The first-order valence-electron chi connectivity index (χ1n) is 5.59. The van der Waals surface area contributed by atoms with E-state index in [1.54, 1.807) is 11.3 Å². The summed E-state index contributed by atoms with van der Waals surface area (Å²) in [6.45, 7) is 3.27. The van der Waals surface area contributed by atoms with Gasteiger partial charge in [-0.1, -0.05) is 10.6 Å². The Labute approximate surface area is 137 Å². The summed E-state index contributed by atoms with van der Waals surface area (Å²) in [5, 5.41) is 9.11. The van der Waals surface area contributed by atoms with Crippen molar-refractivity contribution in [3.05, 3.63) is 33.0 Å². The van der Waals surface area contributed by atoms with E-state index in [9.17, 15) is 0 Å². The SMILES string of the molecule is Cc1nnsc1CN=C(N)NCCc1cccs1.I. The van der Waals surface area contributed by atoms with E-state index in [1.807, 2.05) is 6.92 Å². The Balaban J connectivity index is 0.00000180. The molecule has 2 rings (SSSR count). The number of nitrogens with two attached hydrogens (primary N) is 1. The number of rotatable bonds is 5. The molecule has 0 spiro atoms. The van der Waals surface area contributed by atoms with Gasteiger partial charge in [0.2, 0.25) is 0 Å². The minimum Gasteiger partial charge on any atom is -0.370 e. The van der Waals surface area contributed by atoms with Crippen molar-refractivity contribution in [3.63, 3.8) is 0 Å². The van der Waals surface area contributed by atoms with Crippen LogP contribution in [-0.2, 0) is 13.0 Å². The summed E-state index contributed by atoms with van der Waals surface area (Å²) in [6, 6.07) is 4.17. The van der Waals surface area contributed by atoms with E-state index in [0.717, 1.165) is 23.5 Å². The molecule has 0 amide bonds. The van der Waals surface area contributed by atoms with Crippen LogP contribution in [0.5, 0.6) is 0 Å². The molecule has 0 aliphatic heterocycles. The maximum absolute atomic E-state index is 5.79. The summed E-state index contributed by atoms with van der Waals surface area (Å²) in [4.78, 5) is 6.66. The van der Waals surface area contributed by atoms with E-state index in [1.165, 1.54) is 16.4 Å². The number of guanidine groups is 1. The van der Waals surface area contributed by atoms with Crippen molar-refractivity contribution in [2.45, 2.75) is 19.9 Å². The Bertz CT molecular complexity index is 509. The summed E-state index contributed by atoms with van der Waals surface area (Å²) in [7, 11) is 0. The highest BCUT2D eigenvalue weighted by molar-refractivity contribution is 14.0. The van der Waals surface area contributed by atoms with Crippen molar-refractivity contribution < 1.29 is 0 Å². The monoisotopic (exact) mass is 409 g/mol. The van der Waals surface area contributed by atoms with Crippen LogP contribution < -0.4 is 11.1 Å². The number of nitrogens with one attached hydrogen (secondary N) is 1. The fraction of sp³-hybridized carbons (Fsp3) is 0.364. The lowest BCUT2D eigenvalue weighted by atomic mass is 10.3. The summed E-state index contributed by atoms with van der Waals surface area (Å²) in [5.74, 6) is 0.472. The maximum Gasteiger partial charge on any atom is 0.188 e. The zero-order chi connectivity index (χ0) is 12.8. The van der Waals surface area contributed by atoms with E-state index in [-0.39, 0.29) is 24.0 Å². The Morgan fingerprint density at radius 3 is 3.00 bits per heavy atom. The van der Waals surface area contributed by atoms with Crippen LogP contribution in [-0.4, -0.2) is 22.1 Å². The third kappa shape index (κ3) is 5.41. The third-order valence-electron chi connectivity index (χ3n) is 2.40. The Morgan fingerprint density at radius 1 is 1.53 bits per heavy atom. The second kappa shape index (κ2) is 8.43. The van der Waals surface area contributed by atoms with Gasteiger partial charge in [0.05, 0.1) is 17.1 Å². The normalized spacial score (nSPS) is 11.1. The topological polar surface area (TPSA) is 76.2 Å². The molecule has 0 aliphatic rings. The van der Waals surface area contributed by atoms with Gasteiger partial charge >= 0.3 is 0 Å². The minimum absolute atomic E-state index is 0. The second-order valence-electron chi connectivity index (χ2n) is 3.74. The van der Waals surface area contributed by atoms with Crippen LogP contribution in [0.3, 0.4) is 0 Å². The van der Waals surface area contributed by atoms with Crippen molar-refractivity contribution in [2.24, 2.45) is 10.7 Å². The Hall–Kier alpha value is -0.740. The molecule has 0 atom stereocenters. The van der Waals surface area contributed by atoms with E-state index >= 15 is 0 Å². The zero-order valence-electron chi connectivity index (χ0n) is 10.5. The third-order valence-corrected chi connectivity index (χ3v) is 4.14. The van der Waals surface area contributed by atoms with Crippen LogP contribution in [0.15, 0.2) is 22.5 Å². The van der Waals surface area contributed by atoms with Crippen LogP contribution in [0.4, 0.5) is 0 Å². The Morgan fingerprint density at radius 2 is 2.37 bits per heavy atom. The molecule has 5 nitrogen and oxygen atoms in total. The number of nitrogens with zero attached hydrogens (tertiary/aromatic N) is 3. The quantitative estimate of drug-likeness (QED) is 0.451. The maximum atomic E-state index is 5.79. The van der Waals surface area contributed by atoms with E-state index in [4.69, 9.17) is 5.73 Å². The van der Waals surface area contributed by atoms with Crippen molar-refractivity contribution in [1.29, 1.82) is 0 Å². The van der Waals surface area contributed by atoms with E-state index < -0.39 is 0 Å². The Kier molecular flexibility index (Phi) is 7.24. The zero-order valence-corrected chi connectivity index (χ0v) is 14.5. The fourth-order valence-corrected chi connectivity index (χ4v) is 2.64. The molecule has 0 aromatic carbocycles. The molecule has 0 saturated heterocycles. The molecular formula is C11H16IN5S2. The average Bonchev–Trinajstić information content (AvgIpc) is 2.98. The van der Waals surface area contributed by atoms with Gasteiger partial charge in [0.1, 0.15) is 0 Å². The molecule has 3 N–H and O–H groups in total. The predicted octanol–water partition coefficient (Wildman–Crippen LogP) is 2.17. The van der Waals surface area contributed by atoms with Gasteiger partial charge < -0.3 is 11.1 Å². The first-order chi connectivity index (χ1) is 8.75. The van der Waals surface area contributed by atoms with Gasteiger partial charge in [0, 0.05) is 11.4 Å². The van der Waals surface area contributed by atoms with Crippen molar-refractivity contribution >= 4 is 52.8 Å². The molecule has 0 radical (unpaired) electrons. The number of aromatic nitrogens is 2. The number of hydrogen-bond acceptors (Lipinski definition) is 5. The van der Waals surface area contributed by atoms with Crippen LogP contribution in [0, 0.1) is 6.92 Å². The highest BCUT2D eigenvalue weighted by atomic mass is 127. The van der Waals surface area contributed by atoms with Crippen molar-refractivity contribution in [3.8, 4) is 0 Å². The first-order valence-corrected chi connectivity index (χ1v) is 7.25. The number of aryl methyl sites for hydroxylation is 1. The number of halogens is 1. The largest absolute Gasteiger partial charge is 0.370 e. The highest BCUT2D eigenvalue weighted by Crippen LogP contribution is 2.10. The molecule has 2 aromatic rings. The lowest BCUT2D eigenvalue weighted by molar-refractivity contribution is 0.857. The van der Waals surface area contributed by atoms with Crippen LogP contribution >= 0.6 is 46.8 Å². The molecule has 0 aliphatic carbocycles. The van der Waals surface area contributed by atoms with Gasteiger partial charge in [0.25, 0.3) is 0 Å². The first kappa shape index (κ1) is 16.3.